The predicted octanol–water partition coefficient (Wildman–Crippen LogP) is 4.34. The van der Waals surface area contributed by atoms with Gasteiger partial charge < -0.3 is 5.73 Å². The molecule has 0 saturated heterocycles. The number of nitrogens with two attached hydrogens (primary N) is 1. The molecule has 82 valence electrons. The van der Waals surface area contributed by atoms with E-state index in [2.05, 4.69) is 36.8 Å². The highest BCUT2D eigenvalue weighted by molar-refractivity contribution is 9.10. The first-order valence-electron chi connectivity index (χ1n) is 4.49. The van der Waals surface area contributed by atoms with E-state index in [1.54, 1.807) is 18.0 Å². The molecule has 0 radical (unpaired) electrons. The highest BCUT2D eigenvalue weighted by atomic mass is 79.9. The topological polar surface area (TPSA) is 38.9 Å². The van der Waals surface area contributed by atoms with Crippen LogP contribution in [0.4, 0.5) is 5.69 Å². The normalized spacial score (nSPS) is 10.4. The van der Waals surface area contributed by atoms with Gasteiger partial charge in [-0.2, -0.15) is 0 Å². The van der Waals surface area contributed by atoms with E-state index in [-0.39, 0.29) is 0 Å². The summed E-state index contributed by atoms with van der Waals surface area (Å²) >= 11 is 8.44. The van der Waals surface area contributed by atoms with Gasteiger partial charge in [0.15, 0.2) is 0 Å². The number of nitrogen functional groups attached to an aromatic ring is 1. The molecule has 0 saturated carbocycles. The summed E-state index contributed by atoms with van der Waals surface area (Å²) in [4.78, 5) is 5.40. The van der Waals surface area contributed by atoms with E-state index in [4.69, 9.17) is 5.73 Å². The van der Waals surface area contributed by atoms with Gasteiger partial charge in [0.2, 0.25) is 0 Å². The Kier molecular flexibility index (Phi) is 3.89. The van der Waals surface area contributed by atoms with E-state index < -0.39 is 0 Å². The van der Waals surface area contributed by atoms with Crippen molar-refractivity contribution in [2.45, 2.75) is 9.92 Å². The Balaban J connectivity index is 2.23. The number of benzene rings is 1. The second-order valence-corrected chi connectivity index (χ2v) is 5.94. The van der Waals surface area contributed by atoms with Gasteiger partial charge >= 0.3 is 0 Å². The molecule has 0 atom stereocenters. The van der Waals surface area contributed by atoms with E-state index in [1.165, 1.54) is 0 Å². The molecule has 1 aromatic heterocycles. The Morgan fingerprint density at radius 3 is 2.56 bits per heavy atom. The van der Waals surface area contributed by atoms with Crippen molar-refractivity contribution in [2.75, 3.05) is 5.73 Å². The molecule has 0 aliphatic carbocycles. The number of pyridine rings is 1. The van der Waals surface area contributed by atoms with E-state index >= 15 is 0 Å². The van der Waals surface area contributed by atoms with Crippen molar-refractivity contribution in [1.82, 2.24) is 4.98 Å². The molecule has 0 amide bonds. The van der Waals surface area contributed by atoms with Gasteiger partial charge in [0, 0.05) is 25.7 Å². The first-order chi connectivity index (χ1) is 7.65. The van der Waals surface area contributed by atoms with Crippen molar-refractivity contribution in [3.05, 3.63) is 45.5 Å². The first kappa shape index (κ1) is 12.0. The standard InChI is InChI=1S/C11H8Br2N2S/c12-7-1-4-11(15-6-7)16-10-3-2-8(14)5-9(10)13/h1-6H,14H2. The van der Waals surface area contributed by atoms with Crippen LogP contribution >= 0.6 is 43.6 Å². The van der Waals surface area contributed by atoms with Crippen LogP contribution in [0.15, 0.2) is 55.4 Å². The van der Waals surface area contributed by atoms with E-state index in [9.17, 15) is 0 Å². The predicted molar refractivity (Wildman–Crippen MR) is 74.6 cm³/mol. The van der Waals surface area contributed by atoms with Gasteiger partial charge in [-0.3, -0.25) is 0 Å². The maximum Gasteiger partial charge on any atom is 0.101 e. The SMILES string of the molecule is Nc1ccc(Sc2ccc(Br)cn2)c(Br)c1. The molecular weight excluding hydrogens is 352 g/mol. The van der Waals surface area contributed by atoms with Gasteiger partial charge in [-0.05, 0) is 62.2 Å². The number of nitrogens with zero attached hydrogens (tertiary/aromatic N) is 1. The summed E-state index contributed by atoms with van der Waals surface area (Å²) in [6, 6.07) is 9.69. The van der Waals surface area contributed by atoms with Crippen LogP contribution in [0.25, 0.3) is 0 Å². The third-order valence-electron chi connectivity index (χ3n) is 1.87. The van der Waals surface area contributed by atoms with Gasteiger partial charge in [-0.1, -0.05) is 11.8 Å². The number of hydrogen-bond donors (Lipinski definition) is 1. The van der Waals surface area contributed by atoms with Crippen molar-refractivity contribution >= 4 is 49.3 Å². The highest BCUT2D eigenvalue weighted by Crippen LogP contribution is 2.33. The van der Waals surface area contributed by atoms with Crippen LogP contribution in [0.1, 0.15) is 0 Å². The Hall–Kier alpha value is -0.520. The summed E-state index contributed by atoms with van der Waals surface area (Å²) < 4.78 is 1.97. The fourth-order valence-corrected chi connectivity index (χ4v) is 2.77. The number of hydrogen-bond acceptors (Lipinski definition) is 3. The number of aromatic nitrogens is 1. The zero-order valence-corrected chi connectivity index (χ0v) is 12.1. The fourth-order valence-electron chi connectivity index (χ4n) is 1.14. The van der Waals surface area contributed by atoms with Gasteiger partial charge in [-0.15, -0.1) is 0 Å². The van der Waals surface area contributed by atoms with Crippen molar-refractivity contribution in [2.24, 2.45) is 0 Å². The van der Waals surface area contributed by atoms with Crippen LogP contribution in [-0.4, -0.2) is 4.98 Å². The lowest BCUT2D eigenvalue weighted by Gasteiger charge is -2.04. The van der Waals surface area contributed by atoms with E-state index in [0.29, 0.717) is 0 Å². The summed E-state index contributed by atoms with van der Waals surface area (Å²) in [6.45, 7) is 0. The Morgan fingerprint density at radius 2 is 1.94 bits per heavy atom. The minimum Gasteiger partial charge on any atom is -0.399 e. The van der Waals surface area contributed by atoms with E-state index in [1.807, 2.05) is 30.3 Å². The number of halogens is 2. The second-order valence-electron chi connectivity index (χ2n) is 3.11. The molecule has 2 rings (SSSR count). The molecule has 0 aliphatic rings. The monoisotopic (exact) mass is 358 g/mol. The molecule has 1 heterocycles. The largest absolute Gasteiger partial charge is 0.399 e. The Labute approximate surface area is 115 Å². The van der Waals surface area contributed by atoms with Gasteiger partial charge in [0.25, 0.3) is 0 Å². The fraction of sp³-hybridized carbons (Fsp3) is 0. The lowest BCUT2D eigenvalue weighted by Crippen LogP contribution is -1.85. The number of anilines is 1. The molecule has 2 N–H and O–H groups in total. The summed E-state index contributed by atoms with van der Waals surface area (Å²) in [5.41, 5.74) is 6.43. The summed E-state index contributed by atoms with van der Waals surface area (Å²) in [5.74, 6) is 0. The van der Waals surface area contributed by atoms with Crippen molar-refractivity contribution in [3.8, 4) is 0 Å². The molecule has 2 aromatic rings. The third-order valence-corrected chi connectivity index (χ3v) is 4.28. The minimum atomic E-state index is 0.750. The first-order valence-corrected chi connectivity index (χ1v) is 6.90. The molecule has 1 aromatic carbocycles. The molecule has 0 bridgehead atoms. The van der Waals surface area contributed by atoms with Crippen LogP contribution < -0.4 is 5.73 Å². The van der Waals surface area contributed by atoms with Crippen LogP contribution in [0.5, 0.6) is 0 Å². The highest BCUT2D eigenvalue weighted by Gasteiger charge is 2.03. The number of rotatable bonds is 2. The average Bonchev–Trinajstić information content (AvgIpc) is 2.25. The minimum absolute atomic E-state index is 0.750. The molecule has 0 aliphatic heterocycles. The molecule has 0 fully saturated rings. The van der Waals surface area contributed by atoms with Crippen LogP contribution in [0.3, 0.4) is 0 Å². The maximum atomic E-state index is 5.68. The maximum absolute atomic E-state index is 5.68. The van der Waals surface area contributed by atoms with Crippen molar-refractivity contribution < 1.29 is 0 Å². The zero-order valence-electron chi connectivity index (χ0n) is 8.15. The average molecular weight is 360 g/mol. The van der Waals surface area contributed by atoms with Crippen LogP contribution in [0, 0.1) is 0 Å². The summed E-state index contributed by atoms with van der Waals surface area (Å²) in [7, 11) is 0. The zero-order chi connectivity index (χ0) is 11.5. The Bertz CT molecular complexity index is 500. The Morgan fingerprint density at radius 1 is 1.12 bits per heavy atom. The molecule has 0 spiro atoms. The molecule has 0 unspecified atom stereocenters. The van der Waals surface area contributed by atoms with Gasteiger partial charge in [0.05, 0.1) is 0 Å². The summed E-state index contributed by atoms with van der Waals surface area (Å²) in [6.07, 6.45) is 1.79. The lowest BCUT2D eigenvalue weighted by molar-refractivity contribution is 1.12. The third kappa shape index (κ3) is 2.99. The van der Waals surface area contributed by atoms with Gasteiger partial charge in [0.1, 0.15) is 5.03 Å². The van der Waals surface area contributed by atoms with Crippen molar-refractivity contribution in [3.63, 3.8) is 0 Å². The van der Waals surface area contributed by atoms with Crippen molar-refractivity contribution in [1.29, 1.82) is 0 Å². The molecule has 5 heteroatoms. The van der Waals surface area contributed by atoms with Gasteiger partial charge in [-0.25, -0.2) is 4.98 Å². The van der Waals surface area contributed by atoms with Crippen LogP contribution in [-0.2, 0) is 0 Å². The van der Waals surface area contributed by atoms with Crippen LogP contribution in [0.2, 0.25) is 0 Å². The second kappa shape index (κ2) is 5.21. The lowest BCUT2D eigenvalue weighted by atomic mass is 10.3. The molecule has 2 nitrogen and oxygen atoms in total. The summed E-state index contributed by atoms with van der Waals surface area (Å²) in [5, 5.41) is 0.952. The molecule has 16 heavy (non-hydrogen) atoms. The quantitative estimate of drug-likeness (QED) is 0.810. The molecular formula is C11H8Br2N2S. The van der Waals surface area contributed by atoms with E-state index in [0.717, 1.165) is 24.6 Å². The smallest absolute Gasteiger partial charge is 0.101 e.